The molecule has 0 aliphatic carbocycles. The van der Waals surface area contributed by atoms with E-state index in [9.17, 15) is 0 Å². The predicted octanol–water partition coefficient (Wildman–Crippen LogP) is 3.72. The topological polar surface area (TPSA) is 12.9 Å². The number of aromatic nitrogens is 1. The van der Waals surface area contributed by atoms with Crippen LogP contribution in [0.5, 0.6) is 0 Å². The number of nitrogens with zero attached hydrogens (tertiary/aromatic N) is 1. The van der Waals surface area contributed by atoms with Gasteiger partial charge in [-0.05, 0) is 34.5 Å². The van der Waals surface area contributed by atoms with Gasteiger partial charge in [0.1, 0.15) is 5.03 Å². The summed E-state index contributed by atoms with van der Waals surface area (Å²) >= 11 is 8.63. The lowest BCUT2D eigenvalue weighted by Crippen LogP contribution is -1.84. The monoisotopic (exact) mass is 309 g/mol. The van der Waals surface area contributed by atoms with Crippen molar-refractivity contribution in [1.29, 1.82) is 0 Å². The highest BCUT2D eigenvalue weighted by Gasteiger charge is 1.99. The zero-order valence-electron chi connectivity index (χ0n) is 6.46. The summed E-state index contributed by atoms with van der Waals surface area (Å²) < 4.78 is 1.09. The van der Waals surface area contributed by atoms with Crippen LogP contribution in [0.2, 0.25) is 0 Å². The normalized spacial score (nSPS) is 10.2. The van der Waals surface area contributed by atoms with Crippen LogP contribution in [0.4, 0.5) is 0 Å². The molecule has 4 heteroatoms. The number of thioether (sulfide) groups is 1. The highest BCUT2D eigenvalue weighted by Crippen LogP contribution is 2.24. The van der Waals surface area contributed by atoms with Crippen LogP contribution in [-0.2, 0) is 0 Å². The molecule has 66 valence electrons. The SMILES string of the molecule is BrCCCSc1ncccc1Br. The van der Waals surface area contributed by atoms with Crippen molar-refractivity contribution < 1.29 is 0 Å². The number of rotatable bonds is 4. The molecular weight excluding hydrogens is 302 g/mol. The van der Waals surface area contributed by atoms with Crippen molar-refractivity contribution in [3.8, 4) is 0 Å². The van der Waals surface area contributed by atoms with Gasteiger partial charge in [0, 0.05) is 21.8 Å². The molecule has 0 unspecified atom stereocenters. The summed E-state index contributed by atoms with van der Waals surface area (Å²) in [7, 11) is 0. The van der Waals surface area contributed by atoms with Gasteiger partial charge in [-0.3, -0.25) is 0 Å². The van der Waals surface area contributed by atoms with Crippen LogP contribution < -0.4 is 0 Å². The largest absolute Gasteiger partial charge is 0.249 e. The fourth-order valence-electron chi connectivity index (χ4n) is 0.701. The first-order valence-corrected chi connectivity index (χ1v) is 6.54. The lowest BCUT2D eigenvalue weighted by Gasteiger charge is -2.00. The van der Waals surface area contributed by atoms with E-state index in [1.807, 2.05) is 18.3 Å². The number of halogens is 2. The molecule has 0 aliphatic rings. The van der Waals surface area contributed by atoms with Gasteiger partial charge in [-0.15, -0.1) is 11.8 Å². The summed E-state index contributed by atoms with van der Waals surface area (Å²) in [5, 5.41) is 2.14. The maximum atomic E-state index is 4.25. The molecule has 0 radical (unpaired) electrons. The molecule has 0 atom stereocenters. The van der Waals surface area contributed by atoms with Crippen molar-refractivity contribution in [1.82, 2.24) is 4.98 Å². The van der Waals surface area contributed by atoms with E-state index < -0.39 is 0 Å². The summed E-state index contributed by atoms with van der Waals surface area (Å²) in [5.74, 6) is 1.11. The third-order valence-electron chi connectivity index (χ3n) is 1.24. The van der Waals surface area contributed by atoms with Crippen molar-refractivity contribution >= 4 is 43.6 Å². The van der Waals surface area contributed by atoms with Crippen LogP contribution in [0.3, 0.4) is 0 Å². The Morgan fingerprint density at radius 3 is 3.00 bits per heavy atom. The fraction of sp³-hybridized carbons (Fsp3) is 0.375. The van der Waals surface area contributed by atoms with Gasteiger partial charge in [-0.25, -0.2) is 4.98 Å². The van der Waals surface area contributed by atoms with Crippen LogP contribution in [0, 0.1) is 0 Å². The van der Waals surface area contributed by atoms with Crippen LogP contribution in [0.15, 0.2) is 27.8 Å². The van der Waals surface area contributed by atoms with Crippen molar-refractivity contribution in [2.45, 2.75) is 11.4 Å². The molecule has 0 fully saturated rings. The van der Waals surface area contributed by atoms with E-state index in [0.717, 1.165) is 20.6 Å². The maximum Gasteiger partial charge on any atom is 0.110 e. The highest BCUT2D eigenvalue weighted by molar-refractivity contribution is 9.10. The van der Waals surface area contributed by atoms with Crippen molar-refractivity contribution in [2.24, 2.45) is 0 Å². The molecule has 1 nitrogen and oxygen atoms in total. The standard InChI is InChI=1S/C8H9Br2NS/c9-4-2-6-12-8-7(10)3-1-5-11-8/h1,3,5H,2,4,6H2. The smallest absolute Gasteiger partial charge is 0.110 e. The minimum absolute atomic E-state index is 1.06. The van der Waals surface area contributed by atoms with Gasteiger partial charge in [0.15, 0.2) is 0 Å². The van der Waals surface area contributed by atoms with Crippen molar-refractivity contribution in [3.05, 3.63) is 22.8 Å². The molecule has 1 heterocycles. The second-order valence-corrected chi connectivity index (χ2v) is 4.91. The first-order chi connectivity index (χ1) is 5.84. The zero-order valence-corrected chi connectivity index (χ0v) is 10.5. The first kappa shape index (κ1) is 10.5. The Bertz CT molecular complexity index is 242. The number of alkyl halides is 1. The lowest BCUT2D eigenvalue weighted by molar-refractivity contribution is 1.08. The molecule has 0 saturated heterocycles. The Morgan fingerprint density at radius 1 is 1.50 bits per heavy atom. The Hall–Kier alpha value is 0.460. The average Bonchev–Trinajstić information content (AvgIpc) is 2.09. The van der Waals surface area contributed by atoms with Gasteiger partial charge in [-0.2, -0.15) is 0 Å². The van der Waals surface area contributed by atoms with Gasteiger partial charge < -0.3 is 0 Å². The van der Waals surface area contributed by atoms with Gasteiger partial charge in [0.2, 0.25) is 0 Å². The Morgan fingerprint density at radius 2 is 2.33 bits per heavy atom. The van der Waals surface area contributed by atoms with Crippen LogP contribution >= 0.6 is 43.6 Å². The van der Waals surface area contributed by atoms with Crippen molar-refractivity contribution in [2.75, 3.05) is 11.1 Å². The molecule has 12 heavy (non-hydrogen) atoms. The van der Waals surface area contributed by atoms with E-state index in [0.29, 0.717) is 0 Å². The van der Waals surface area contributed by atoms with E-state index in [1.165, 1.54) is 6.42 Å². The molecule has 0 aliphatic heterocycles. The summed E-state index contributed by atoms with van der Waals surface area (Å²) in [6, 6.07) is 3.95. The van der Waals surface area contributed by atoms with Gasteiger partial charge in [0.25, 0.3) is 0 Å². The number of hydrogen-bond donors (Lipinski definition) is 0. The molecule has 1 aromatic heterocycles. The first-order valence-electron chi connectivity index (χ1n) is 3.64. The van der Waals surface area contributed by atoms with E-state index in [1.54, 1.807) is 11.8 Å². The van der Waals surface area contributed by atoms with E-state index in [4.69, 9.17) is 0 Å². The summed E-state index contributed by atoms with van der Waals surface area (Å²) in [6.45, 7) is 0. The van der Waals surface area contributed by atoms with E-state index >= 15 is 0 Å². The minimum Gasteiger partial charge on any atom is -0.249 e. The number of hydrogen-bond acceptors (Lipinski definition) is 2. The molecule has 0 N–H and O–H groups in total. The minimum atomic E-state index is 1.06. The fourth-order valence-corrected chi connectivity index (χ4v) is 2.77. The Labute approximate surface area is 93.6 Å². The second kappa shape index (κ2) is 6.00. The quantitative estimate of drug-likeness (QED) is 0.477. The molecular formula is C8H9Br2NS. The average molecular weight is 311 g/mol. The Kier molecular flexibility index (Phi) is 5.27. The zero-order chi connectivity index (χ0) is 8.81. The third-order valence-corrected chi connectivity index (χ3v) is 3.80. The van der Waals surface area contributed by atoms with Crippen molar-refractivity contribution in [3.63, 3.8) is 0 Å². The maximum absolute atomic E-state index is 4.25. The third kappa shape index (κ3) is 3.46. The molecule has 0 bridgehead atoms. The van der Waals surface area contributed by atoms with Crippen LogP contribution in [-0.4, -0.2) is 16.1 Å². The second-order valence-electron chi connectivity index (χ2n) is 2.18. The van der Waals surface area contributed by atoms with E-state index in [-0.39, 0.29) is 0 Å². The lowest BCUT2D eigenvalue weighted by atomic mass is 10.5. The summed E-state index contributed by atoms with van der Waals surface area (Å²) in [6.07, 6.45) is 2.99. The van der Waals surface area contributed by atoms with Gasteiger partial charge in [0.05, 0.1) is 0 Å². The molecule has 1 aromatic rings. The molecule has 0 spiro atoms. The summed E-state index contributed by atoms with van der Waals surface area (Å²) in [5.41, 5.74) is 0. The van der Waals surface area contributed by atoms with E-state index in [2.05, 4.69) is 36.8 Å². The summed E-state index contributed by atoms with van der Waals surface area (Å²) in [4.78, 5) is 4.25. The van der Waals surface area contributed by atoms with Crippen LogP contribution in [0.25, 0.3) is 0 Å². The van der Waals surface area contributed by atoms with Gasteiger partial charge >= 0.3 is 0 Å². The van der Waals surface area contributed by atoms with Gasteiger partial charge in [-0.1, -0.05) is 15.9 Å². The predicted molar refractivity (Wildman–Crippen MR) is 61.1 cm³/mol. The molecule has 1 rings (SSSR count). The molecule has 0 saturated carbocycles. The highest BCUT2D eigenvalue weighted by atomic mass is 79.9. The Balaban J connectivity index is 2.46. The molecule has 0 aromatic carbocycles. The number of pyridine rings is 1. The van der Waals surface area contributed by atoms with Crippen LogP contribution in [0.1, 0.15) is 6.42 Å². The molecule has 0 amide bonds.